The molecule has 2 heterocycles. The zero-order valence-corrected chi connectivity index (χ0v) is 23.6. The minimum atomic E-state index is -0.685. The number of aromatic nitrogens is 3. The van der Waals surface area contributed by atoms with Gasteiger partial charge in [-0.25, -0.2) is 4.79 Å². The average molecular weight is 558 g/mol. The number of nitrogens with one attached hydrogen (secondary N) is 1. The van der Waals surface area contributed by atoms with Crippen molar-refractivity contribution in [3.8, 4) is 5.75 Å². The van der Waals surface area contributed by atoms with Gasteiger partial charge in [-0.3, -0.25) is 14.2 Å². The van der Waals surface area contributed by atoms with E-state index < -0.39 is 23.9 Å². The molecule has 3 rings (SSSR count). The number of ether oxygens (including phenoxy) is 2. The number of esters is 1. The molecule has 1 unspecified atom stereocenters. The zero-order valence-electron chi connectivity index (χ0n) is 22.0. The Bertz CT molecular complexity index is 1360. The third-order valence-electron chi connectivity index (χ3n) is 5.49. The number of aryl methyl sites for hydroxylation is 2. The zero-order chi connectivity index (χ0) is 28.0. The molecular weight excluding hydrogens is 526 g/mol. The molecule has 0 saturated carbocycles. The molecular formula is C26H31N5O5S2. The van der Waals surface area contributed by atoms with Gasteiger partial charge in [-0.05, 0) is 51.8 Å². The van der Waals surface area contributed by atoms with Gasteiger partial charge in [-0.1, -0.05) is 35.5 Å². The maximum Gasteiger partial charge on any atom is 0.341 e. The Morgan fingerprint density at radius 2 is 2.00 bits per heavy atom. The third-order valence-corrected chi connectivity index (χ3v) is 7.68. The molecule has 1 atom stereocenters. The molecule has 10 nitrogen and oxygen atoms in total. The highest BCUT2D eigenvalue weighted by atomic mass is 32.2. The maximum atomic E-state index is 12.8. The van der Waals surface area contributed by atoms with E-state index in [4.69, 9.17) is 15.2 Å². The minimum absolute atomic E-state index is 0.0211. The number of rotatable bonds is 12. The van der Waals surface area contributed by atoms with Crippen LogP contribution in [0.3, 0.4) is 0 Å². The van der Waals surface area contributed by atoms with E-state index in [0.29, 0.717) is 23.1 Å². The third kappa shape index (κ3) is 6.62. The quantitative estimate of drug-likeness (QED) is 0.187. The molecule has 12 heteroatoms. The Balaban J connectivity index is 1.75. The van der Waals surface area contributed by atoms with Crippen LogP contribution in [0, 0.1) is 20.8 Å². The first kappa shape index (κ1) is 28.9. The summed E-state index contributed by atoms with van der Waals surface area (Å²) in [5, 5.41) is 12.0. The normalized spacial score (nSPS) is 11.6. The molecule has 202 valence electrons. The lowest BCUT2D eigenvalue weighted by Gasteiger charge is -2.17. The number of hydrogen-bond donors (Lipinski definition) is 2. The van der Waals surface area contributed by atoms with Gasteiger partial charge in [-0.15, -0.1) is 28.1 Å². The number of nitrogens with two attached hydrogens (primary N) is 1. The number of carbonyl (C=O) groups excluding carboxylic acids is 3. The largest absolute Gasteiger partial charge is 0.482 e. The minimum Gasteiger partial charge on any atom is -0.482 e. The summed E-state index contributed by atoms with van der Waals surface area (Å²) in [5.41, 5.74) is 8.10. The van der Waals surface area contributed by atoms with Crippen molar-refractivity contribution in [1.29, 1.82) is 0 Å². The van der Waals surface area contributed by atoms with Crippen LogP contribution >= 0.6 is 23.1 Å². The summed E-state index contributed by atoms with van der Waals surface area (Å²) >= 11 is 2.12. The fraction of sp³-hybridized carbons (Fsp3) is 0.346. The molecule has 0 fully saturated rings. The average Bonchev–Trinajstić information content (AvgIpc) is 3.40. The Hall–Kier alpha value is -3.64. The van der Waals surface area contributed by atoms with Crippen LogP contribution < -0.4 is 15.8 Å². The van der Waals surface area contributed by atoms with E-state index in [1.165, 1.54) is 11.8 Å². The van der Waals surface area contributed by atoms with Crippen molar-refractivity contribution in [2.24, 2.45) is 5.73 Å². The van der Waals surface area contributed by atoms with Gasteiger partial charge in [-0.2, -0.15) is 0 Å². The van der Waals surface area contributed by atoms with Crippen molar-refractivity contribution in [2.45, 2.75) is 52.4 Å². The van der Waals surface area contributed by atoms with Gasteiger partial charge in [0, 0.05) is 6.54 Å². The lowest BCUT2D eigenvalue weighted by molar-refractivity contribution is -0.113. The highest BCUT2D eigenvalue weighted by Crippen LogP contribution is 2.34. The number of hydrogen-bond acceptors (Lipinski definition) is 9. The van der Waals surface area contributed by atoms with E-state index in [1.54, 1.807) is 19.9 Å². The summed E-state index contributed by atoms with van der Waals surface area (Å²) in [6, 6.07) is 5.96. The molecule has 38 heavy (non-hydrogen) atoms. The van der Waals surface area contributed by atoms with Crippen LogP contribution in [-0.2, 0) is 16.1 Å². The summed E-state index contributed by atoms with van der Waals surface area (Å²) in [6.07, 6.45) is 1.31. The number of nitrogens with zero attached hydrogens (tertiary/aromatic N) is 3. The summed E-state index contributed by atoms with van der Waals surface area (Å²) in [5.74, 6) is -0.388. The molecule has 0 bridgehead atoms. The topological polar surface area (TPSA) is 138 Å². The highest BCUT2D eigenvalue weighted by Gasteiger charge is 2.26. The van der Waals surface area contributed by atoms with Crippen LogP contribution in [0.25, 0.3) is 0 Å². The van der Waals surface area contributed by atoms with E-state index >= 15 is 0 Å². The SMILES string of the molecule is C=CCn1c(SCC(=O)Nc2sc(C(N)=O)c(C)c2C(=O)OCC)nnc1C(C)Oc1ccc(C)cc1C. The van der Waals surface area contributed by atoms with Gasteiger partial charge in [0.15, 0.2) is 17.1 Å². The monoisotopic (exact) mass is 557 g/mol. The van der Waals surface area contributed by atoms with Crippen molar-refractivity contribution in [3.05, 3.63) is 63.8 Å². The van der Waals surface area contributed by atoms with Crippen LogP contribution in [0.4, 0.5) is 5.00 Å². The molecule has 2 aromatic heterocycles. The van der Waals surface area contributed by atoms with Crippen LogP contribution in [-0.4, -0.2) is 44.9 Å². The second kappa shape index (κ2) is 12.7. The van der Waals surface area contributed by atoms with Crippen molar-refractivity contribution in [2.75, 3.05) is 17.7 Å². The highest BCUT2D eigenvalue weighted by molar-refractivity contribution is 7.99. The van der Waals surface area contributed by atoms with Gasteiger partial charge in [0.2, 0.25) is 5.91 Å². The summed E-state index contributed by atoms with van der Waals surface area (Å²) in [6.45, 7) is 13.5. The van der Waals surface area contributed by atoms with E-state index in [-0.39, 0.29) is 27.8 Å². The van der Waals surface area contributed by atoms with Crippen LogP contribution in [0.1, 0.15) is 62.5 Å². The second-order valence-corrected chi connectivity index (χ2v) is 10.4. The summed E-state index contributed by atoms with van der Waals surface area (Å²) in [7, 11) is 0. The number of anilines is 1. The van der Waals surface area contributed by atoms with Crippen LogP contribution in [0.5, 0.6) is 5.75 Å². The van der Waals surface area contributed by atoms with Gasteiger partial charge in [0.1, 0.15) is 10.8 Å². The molecule has 0 spiro atoms. The van der Waals surface area contributed by atoms with E-state index in [1.807, 2.05) is 43.5 Å². The number of thiophene rings is 1. The molecule has 2 amide bonds. The van der Waals surface area contributed by atoms with Crippen molar-refractivity contribution in [3.63, 3.8) is 0 Å². The predicted molar refractivity (Wildman–Crippen MR) is 148 cm³/mol. The maximum absolute atomic E-state index is 12.8. The Labute approximate surface area is 229 Å². The van der Waals surface area contributed by atoms with Gasteiger partial charge in [0.25, 0.3) is 5.91 Å². The van der Waals surface area contributed by atoms with Gasteiger partial charge in [0.05, 0.1) is 22.8 Å². The number of benzene rings is 1. The fourth-order valence-electron chi connectivity index (χ4n) is 3.76. The van der Waals surface area contributed by atoms with Crippen molar-refractivity contribution in [1.82, 2.24) is 14.8 Å². The van der Waals surface area contributed by atoms with Crippen molar-refractivity contribution >= 4 is 45.9 Å². The molecule has 0 aliphatic carbocycles. The number of carbonyl (C=O) groups is 3. The van der Waals surface area contributed by atoms with Crippen LogP contribution in [0.2, 0.25) is 0 Å². The number of amides is 2. The van der Waals surface area contributed by atoms with Gasteiger partial charge < -0.3 is 20.5 Å². The first-order chi connectivity index (χ1) is 18.1. The summed E-state index contributed by atoms with van der Waals surface area (Å²) < 4.78 is 13.1. The number of primary amides is 1. The molecule has 3 aromatic rings. The van der Waals surface area contributed by atoms with Gasteiger partial charge >= 0.3 is 5.97 Å². The second-order valence-electron chi connectivity index (χ2n) is 8.45. The fourth-order valence-corrected chi connectivity index (χ4v) is 5.58. The van der Waals surface area contributed by atoms with E-state index in [9.17, 15) is 14.4 Å². The predicted octanol–water partition coefficient (Wildman–Crippen LogP) is 4.60. The molecule has 1 aromatic carbocycles. The smallest absolute Gasteiger partial charge is 0.341 e. The molecule has 0 aliphatic heterocycles. The molecule has 0 saturated heterocycles. The van der Waals surface area contributed by atoms with E-state index in [2.05, 4.69) is 22.1 Å². The first-order valence-corrected chi connectivity index (χ1v) is 13.7. The lowest BCUT2D eigenvalue weighted by Crippen LogP contribution is -2.17. The molecule has 3 N–H and O–H groups in total. The number of allylic oxidation sites excluding steroid dienone is 1. The first-order valence-electron chi connectivity index (χ1n) is 11.9. The Morgan fingerprint density at radius 1 is 1.26 bits per heavy atom. The standard InChI is InChI=1S/C26H31N5O5S2/c1-7-11-31-23(17(6)36-18-10-9-14(3)12-15(18)4)29-30-26(31)37-13-19(32)28-24-20(25(34)35-8-2)16(5)21(38-24)22(27)33/h7,9-10,12,17H,1,8,11,13H2,2-6H3,(H2,27,33)(H,28,32). The Morgan fingerprint density at radius 3 is 2.63 bits per heavy atom. The molecule has 0 aliphatic rings. The van der Waals surface area contributed by atoms with Crippen LogP contribution in [0.15, 0.2) is 36.0 Å². The Kier molecular flexibility index (Phi) is 9.70. The number of thioether (sulfide) groups is 1. The molecule has 0 radical (unpaired) electrons. The summed E-state index contributed by atoms with van der Waals surface area (Å²) in [4.78, 5) is 37.3. The van der Waals surface area contributed by atoms with Crippen molar-refractivity contribution < 1.29 is 23.9 Å². The van der Waals surface area contributed by atoms with E-state index in [0.717, 1.165) is 28.2 Å². The lowest BCUT2D eigenvalue weighted by atomic mass is 10.1.